The number of pyridine rings is 1. The SMILES string of the molecule is CC(C)(C)NC(=O)CNc1ncc(C#N)cc1[N+](=O)[O-]. The minimum Gasteiger partial charge on any atom is -0.355 e. The second-order valence-electron chi connectivity index (χ2n) is 5.11. The van der Waals surface area contributed by atoms with Gasteiger partial charge in [0, 0.05) is 17.8 Å². The monoisotopic (exact) mass is 277 g/mol. The van der Waals surface area contributed by atoms with Gasteiger partial charge in [-0.3, -0.25) is 14.9 Å². The first-order valence-electron chi connectivity index (χ1n) is 5.82. The number of carbonyl (C=O) groups is 1. The molecule has 1 heterocycles. The predicted octanol–water partition coefficient (Wildman–Crippen LogP) is 1.19. The fourth-order valence-electron chi connectivity index (χ4n) is 1.42. The summed E-state index contributed by atoms with van der Waals surface area (Å²) in [6.07, 6.45) is 1.21. The van der Waals surface area contributed by atoms with Gasteiger partial charge in [0.2, 0.25) is 11.7 Å². The van der Waals surface area contributed by atoms with Crippen LogP contribution in [-0.2, 0) is 4.79 Å². The topological polar surface area (TPSA) is 121 Å². The number of hydrogen-bond donors (Lipinski definition) is 2. The molecule has 8 nitrogen and oxygen atoms in total. The molecule has 0 saturated heterocycles. The quantitative estimate of drug-likeness (QED) is 0.629. The number of aromatic nitrogens is 1. The summed E-state index contributed by atoms with van der Waals surface area (Å²) < 4.78 is 0. The lowest BCUT2D eigenvalue weighted by atomic mass is 10.1. The first-order valence-corrected chi connectivity index (χ1v) is 5.82. The maximum absolute atomic E-state index is 11.6. The lowest BCUT2D eigenvalue weighted by Crippen LogP contribution is -2.43. The van der Waals surface area contributed by atoms with Crippen LogP contribution in [0.3, 0.4) is 0 Å². The Bertz CT molecular complexity index is 571. The molecule has 0 spiro atoms. The number of hydrogen-bond acceptors (Lipinski definition) is 6. The number of nitrogens with one attached hydrogen (secondary N) is 2. The average Bonchev–Trinajstić information content (AvgIpc) is 2.34. The highest BCUT2D eigenvalue weighted by Gasteiger charge is 2.18. The van der Waals surface area contributed by atoms with Gasteiger partial charge in [-0.25, -0.2) is 4.98 Å². The van der Waals surface area contributed by atoms with Gasteiger partial charge in [-0.2, -0.15) is 5.26 Å². The van der Waals surface area contributed by atoms with Crippen LogP contribution in [0.5, 0.6) is 0 Å². The molecule has 0 aliphatic rings. The second kappa shape index (κ2) is 5.97. The van der Waals surface area contributed by atoms with Gasteiger partial charge < -0.3 is 10.6 Å². The maximum Gasteiger partial charge on any atom is 0.312 e. The van der Waals surface area contributed by atoms with Gasteiger partial charge in [0.1, 0.15) is 6.07 Å². The molecule has 1 amide bonds. The van der Waals surface area contributed by atoms with Crippen LogP contribution in [0, 0.1) is 21.4 Å². The fraction of sp³-hybridized carbons (Fsp3) is 0.417. The van der Waals surface area contributed by atoms with E-state index in [0.717, 1.165) is 6.07 Å². The van der Waals surface area contributed by atoms with Crippen LogP contribution in [0.4, 0.5) is 11.5 Å². The van der Waals surface area contributed by atoms with Gasteiger partial charge >= 0.3 is 5.69 Å². The van der Waals surface area contributed by atoms with Gasteiger partial charge in [0.05, 0.1) is 17.0 Å². The largest absolute Gasteiger partial charge is 0.355 e. The van der Waals surface area contributed by atoms with Gasteiger partial charge in [0.15, 0.2) is 0 Å². The zero-order valence-electron chi connectivity index (χ0n) is 11.4. The fourth-order valence-corrected chi connectivity index (χ4v) is 1.42. The normalized spacial score (nSPS) is 10.5. The second-order valence-corrected chi connectivity index (χ2v) is 5.11. The van der Waals surface area contributed by atoms with Crippen molar-refractivity contribution < 1.29 is 9.72 Å². The lowest BCUT2D eigenvalue weighted by Gasteiger charge is -2.20. The third kappa shape index (κ3) is 4.53. The van der Waals surface area contributed by atoms with E-state index in [9.17, 15) is 14.9 Å². The Balaban J connectivity index is 2.81. The minimum atomic E-state index is -0.655. The predicted molar refractivity (Wildman–Crippen MR) is 72.0 cm³/mol. The molecule has 0 fully saturated rings. The van der Waals surface area contributed by atoms with Crippen molar-refractivity contribution in [3.63, 3.8) is 0 Å². The lowest BCUT2D eigenvalue weighted by molar-refractivity contribution is -0.384. The highest BCUT2D eigenvalue weighted by atomic mass is 16.6. The number of nitriles is 1. The van der Waals surface area contributed by atoms with Crippen LogP contribution in [0.25, 0.3) is 0 Å². The van der Waals surface area contributed by atoms with Crippen LogP contribution < -0.4 is 10.6 Å². The van der Waals surface area contributed by atoms with Crippen LogP contribution in [0.2, 0.25) is 0 Å². The van der Waals surface area contributed by atoms with Crippen LogP contribution >= 0.6 is 0 Å². The highest BCUT2D eigenvalue weighted by molar-refractivity contribution is 5.81. The van der Waals surface area contributed by atoms with E-state index in [0.29, 0.717) is 0 Å². The summed E-state index contributed by atoms with van der Waals surface area (Å²) in [7, 11) is 0. The smallest absolute Gasteiger partial charge is 0.312 e. The van der Waals surface area contributed by atoms with Gasteiger partial charge in [-0.15, -0.1) is 0 Å². The van der Waals surface area contributed by atoms with Gasteiger partial charge in [-0.05, 0) is 20.8 Å². The zero-order valence-corrected chi connectivity index (χ0v) is 11.4. The van der Waals surface area contributed by atoms with E-state index < -0.39 is 4.92 Å². The Labute approximate surface area is 116 Å². The Morgan fingerprint density at radius 3 is 2.70 bits per heavy atom. The van der Waals surface area contributed by atoms with E-state index in [1.165, 1.54) is 6.20 Å². The Morgan fingerprint density at radius 2 is 2.20 bits per heavy atom. The molecule has 8 heteroatoms. The highest BCUT2D eigenvalue weighted by Crippen LogP contribution is 2.22. The molecule has 2 N–H and O–H groups in total. The molecule has 0 aliphatic carbocycles. The van der Waals surface area contributed by atoms with E-state index in [2.05, 4.69) is 15.6 Å². The summed E-state index contributed by atoms with van der Waals surface area (Å²) in [5.41, 5.74) is -0.642. The molecule has 0 aromatic carbocycles. The summed E-state index contributed by atoms with van der Waals surface area (Å²) in [5, 5.41) is 24.9. The minimum absolute atomic E-state index is 0.0435. The number of carbonyl (C=O) groups excluding carboxylic acids is 1. The summed E-state index contributed by atoms with van der Waals surface area (Å²) in [6, 6.07) is 2.88. The molecule has 1 aromatic heterocycles. The van der Waals surface area contributed by atoms with Crippen molar-refractivity contribution in [1.29, 1.82) is 5.26 Å². The van der Waals surface area contributed by atoms with Crippen molar-refractivity contribution in [2.24, 2.45) is 0 Å². The van der Waals surface area contributed by atoms with Crippen LogP contribution in [0.1, 0.15) is 26.3 Å². The zero-order chi connectivity index (χ0) is 15.3. The number of nitro groups is 1. The van der Waals surface area contributed by atoms with Gasteiger partial charge in [-0.1, -0.05) is 0 Å². The Morgan fingerprint density at radius 1 is 1.55 bits per heavy atom. The molecule has 20 heavy (non-hydrogen) atoms. The van der Waals surface area contributed by atoms with Crippen molar-refractivity contribution in [3.8, 4) is 6.07 Å². The molecule has 0 aliphatic heterocycles. The standard InChI is InChI=1S/C12H15N5O3/c1-12(2,3)16-10(18)7-15-11-9(17(19)20)4-8(5-13)6-14-11/h4,6H,7H2,1-3H3,(H,14,15)(H,16,18). The number of amides is 1. The average molecular weight is 277 g/mol. The van der Waals surface area contributed by atoms with E-state index in [1.807, 2.05) is 20.8 Å². The van der Waals surface area contributed by atoms with Gasteiger partial charge in [0.25, 0.3) is 0 Å². The van der Waals surface area contributed by atoms with Crippen molar-refractivity contribution in [3.05, 3.63) is 27.9 Å². The first kappa shape index (κ1) is 15.4. The van der Waals surface area contributed by atoms with Crippen molar-refractivity contribution in [2.45, 2.75) is 26.3 Å². The summed E-state index contributed by atoms with van der Waals surface area (Å²) in [4.78, 5) is 25.6. The molecule has 1 aromatic rings. The maximum atomic E-state index is 11.6. The van der Waals surface area contributed by atoms with Crippen molar-refractivity contribution in [2.75, 3.05) is 11.9 Å². The van der Waals surface area contributed by atoms with E-state index in [1.54, 1.807) is 6.07 Å². The van der Waals surface area contributed by atoms with E-state index in [4.69, 9.17) is 5.26 Å². The number of anilines is 1. The van der Waals surface area contributed by atoms with Crippen LogP contribution in [0.15, 0.2) is 12.3 Å². The summed E-state index contributed by atoms with van der Waals surface area (Å²) in [5.74, 6) is -0.351. The molecule has 1 rings (SSSR count). The van der Waals surface area contributed by atoms with E-state index >= 15 is 0 Å². The molecule has 0 saturated carbocycles. The molecule has 0 unspecified atom stereocenters. The third-order valence-electron chi connectivity index (χ3n) is 2.12. The van der Waals surface area contributed by atoms with Crippen LogP contribution in [-0.4, -0.2) is 27.9 Å². The molecule has 0 bridgehead atoms. The van der Waals surface area contributed by atoms with Crippen molar-refractivity contribution >= 4 is 17.4 Å². The third-order valence-corrected chi connectivity index (χ3v) is 2.12. The molecule has 106 valence electrons. The molecular formula is C12H15N5O3. The Kier molecular flexibility index (Phi) is 4.59. The number of nitrogens with zero attached hydrogens (tertiary/aromatic N) is 3. The number of rotatable bonds is 4. The Hall–Kier alpha value is -2.69. The van der Waals surface area contributed by atoms with E-state index in [-0.39, 0.29) is 35.1 Å². The molecule has 0 radical (unpaired) electrons. The van der Waals surface area contributed by atoms with Crippen molar-refractivity contribution in [1.82, 2.24) is 10.3 Å². The summed E-state index contributed by atoms with van der Waals surface area (Å²) in [6.45, 7) is 5.34. The first-order chi connectivity index (χ1) is 9.23. The molecular weight excluding hydrogens is 262 g/mol. The summed E-state index contributed by atoms with van der Waals surface area (Å²) >= 11 is 0. The molecule has 0 atom stereocenters.